The zero-order valence-electron chi connectivity index (χ0n) is 13.7. The maximum Gasteiger partial charge on any atom is 0.261 e. The Bertz CT molecular complexity index is 948. The third-order valence-electron chi connectivity index (χ3n) is 3.99. The molecule has 0 amide bonds. The van der Waals surface area contributed by atoms with Gasteiger partial charge < -0.3 is 5.11 Å². The average Bonchev–Trinajstić information content (AvgIpc) is 2.55. The van der Waals surface area contributed by atoms with Gasteiger partial charge in [-0.25, -0.2) is 9.37 Å². The Morgan fingerprint density at radius 1 is 1.21 bits per heavy atom. The SMILES string of the molecule is CC(C)CCn1c(-c2ccccc2O)nc2ccc(F)cc2c1=O. The first kappa shape index (κ1) is 16.2. The van der Waals surface area contributed by atoms with Gasteiger partial charge in [-0.1, -0.05) is 26.0 Å². The van der Waals surface area contributed by atoms with Crippen molar-refractivity contribution in [3.05, 3.63) is 58.6 Å². The number of para-hydroxylation sites is 1. The van der Waals surface area contributed by atoms with Crippen molar-refractivity contribution in [3.63, 3.8) is 0 Å². The minimum Gasteiger partial charge on any atom is -0.507 e. The highest BCUT2D eigenvalue weighted by Crippen LogP contribution is 2.28. The van der Waals surface area contributed by atoms with E-state index in [-0.39, 0.29) is 16.7 Å². The van der Waals surface area contributed by atoms with E-state index >= 15 is 0 Å². The molecule has 1 aromatic heterocycles. The highest BCUT2D eigenvalue weighted by molar-refractivity contribution is 5.80. The molecule has 3 aromatic rings. The van der Waals surface area contributed by atoms with Gasteiger partial charge in [-0.15, -0.1) is 0 Å². The summed E-state index contributed by atoms with van der Waals surface area (Å²) in [6, 6.07) is 10.8. The van der Waals surface area contributed by atoms with Crippen LogP contribution in [0.3, 0.4) is 0 Å². The van der Waals surface area contributed by atoms with Crippen molar-refractivity contribution in [2.75, 3.05) is 0 Å². The summed E-state index contributed by atoms with van der Waals surface area (Å²) in [6.07, 6.45) is 0.781. The van der Waals surface area contributed by atoms with Crippen LogP contribution in [0.5, 0.6) is 5.75 Å². The van der Waals surface area contributed by atoms with Crippen LogP contribution < -0.4 is 5.56 Å². The number of phenolic OH excluding ortho intramolecular Hbond substituents is 1. The number of aromatic nitrogens is 2. The molecule has 0 aliphatic heterocycles. The van der Waals surface area contributed by atoms with Crippen LogP contribution in [-0.2, 0) is 6.54 Å². The van der Waals surface area contributed by atoms with E-state index in [1.807, 2.05) is 0 Å². The molecule has 0 saturated heterocycles. The van der Waals surface area contributed by atoms with Crippen LogP contribution in [0.25, 0.3) is 22.3 Å². The van der Waals surface area contributed by atoms with E-state index in [0.717, 1.165) is 6.42 Å². The molecule has 2 aromatic carbocycles. The molecule has 0 saturated carbocycles. The molecule has 0 spiro atoms. The summed E-state index contributed by atoms with van der Waals surface area (Å²) in [7, 11) is 0. The predicted octanol–water partition coefficient (Wildman–Crippen LogP) is 3.95. The molecule has 0 bridgehead atoms. The number of halogens is 1. The number of hydrogen-bond donors (Lipinski definition) is 1. The van der Waals surface area contributed by atoms with E-state index in [1.54, 1.807) is 24.3 Å². The first-order chi connectivity index (χ1) is 11.5. The zero-order chi connectivity index (χ0) is 17.3. The lowest BCUT2D eigenvalue weighted by molar-refractivity contribution is 0.474. The van der Waals surface area contributed by atoms with Crippen LogP contribution in [0, 0.1) is 11.7 Å². The number of rotatable bonds is 4. The van der Waals surface area contributed by atoms with Gasteiger partial charge in [0.2, 0.25) is 0 Å². The first-order valence-electron chi connectivity index (χ1n) is 7.96. The van der Waals surface area contributed by atoms with Gasteiger partial charge >= 0.3 is 0 Å². The zero-order valence-corrected chi connectivity index (χ0v) is 13.7. The van der Waals surface area contributed by atoms with Gasteiger partial charge in [0.1, 0.15) is 17.4 Å². The standard InChI is InChI=1S/C19H19FN2O2/c1-12(2)9-10-22-18(14-5-3-4-6-17(14)23)21-16-8-7-13(20)11-15(16)19(22)24/h3-8,11-12,23H,9-10H2,1-2H3. The summed E-state index contributed by atoms with van der Waals surface area (Å²) < 4.78 is 15.1. The van der Waals surface area contributed by atoms with Crippen molar-refractivity contribution >= 4 is 10.9 Å². The van der Waals surface area contributed by atoms with Crippen molar-refractivity contribution < 1.29 is 9.50 Å². The molecule has 0 aliphatic carbocycles. The average molecular weight is 326 g/mol. The quantitative estimate of drug-likeness (QED) is 0.790. The van der Waals surface area contributed by atoms with E-state index in [0.29, 0.717) is 29.4 Å². The third kappa shape index (κ3) is 3.02. The number of hydrogen-bond acceptors (Lipinski definition) is 3. The lowest BCUT2D eigenvalue weighted by atomic mass is 10.1. The highest BCUT2D eigenvalue weighted by Gasteiger charge is 2.16. The van der Waals surface area contributed by atoms with Crippen molar-refractivity contribution in [2.45, 2.75) is 26.8 Å². The smallest absolute Gasteiger partial charge is 0.261 e. The molecule has 5 heteroatoms. The Morgan fingerprint density at radius 3 is 2.67 bits per heavy atom. The summed E-state index contributed by atoms with van der Waals surface area (Å²) in [4.78, 5) is 17.4. The lowest BCUT2D eigenvalue weighted by Gasteiger charge is -2.15. The van der Waals surface area contributed by atoms with Crippen molar-refractivity contribution in [3.8, 4) is 17.1 Å². The fourth-order valence-electron chi connectivity index (χ4n) is 2.66. The van der Waals surface area contributed by atoms with Crippen molar-refractivity contribution in [1.82, 2.24) is 9.55 Å². The van der Waals surface area contributed by atoms with E-state index in [1.165, 1.54) is 22.8 Å². The topological polar surface area (TPSA) is 55.1 Å². The van der Waals surface area contributed by atoms with Crippen LogP contribution in [-0.4, -0.2) is 14.7 Å². The fraction of sp³-hybridized carbons (Fsp3) is 0.263. The minimum atomic E-state index is -0.466. The Labute approximate surface area is 139 Å². The van der Waals surface area contributed by atoms with E-state index < -0.39 is 5.82 Å². The van der Waals surface area contributed by atoms with E-state index in [9.17, 15) is 14.3 Å². The Hall–Kier alpha value is -2.69. The van der Waals surface area contributed by atoms with E-state index in [2.05, 4.69) is 18.8 Å². The molecular formula is C19H19FN2O2. The molecule has 24 heavy (non-hydrogen) atoms. The molecule has 1 heterocycles. The van der Waals surface area contributed by atoms with Crippen LogP contribution in [0.4, 0.5) is 4.39 Å². The van der Waals surface area contributed by atoms with Gasteiger partial charge in [-0.3, -0.25) is 9.36 Å². The molecule has 0 fully saturated rings. The molecule has 0 radical (unpaired) electrons. The Kier molecular flexibility index (Phi) is 4.34. The molecular weight excluding hydrogens is 307 g/mol. The van der Waals surface area contributed by atoms with Crippen molar-refractivity contribution in [1.29, 1.82) is 0 Å². The molecule has 0 aliphatic rings. The van der Waals surface area contributed by atoms with Gasteiger partial charge in [0.25, 0.3) is 5.56 Å². The van der Waals surface area contributed by atoms with Gasteiger partial charge in [-0.05, 0) is 42.7 Å². The number of fused-ring (bicyclic) bond motifs is 1. The van der Waals surface area contributed by atoms with E-state index in [4.69, 9.17) is 0 Å². The Morgan fingerprint density at radius 2 is 1.96 bits per heavy atom. The number of phenols is 1. The van der Waals surface area contributed by atoms with Gasteiger partial charge in [0.05, 0.1) is 16.5 Å². The second-order valence-corrected chi connectivity index (χ2v) is 6.25. The Balaban J connectivity index is 2.30. The number of aromatic hydroxyl groups is 1. The number of nitrogens with zero attached hydrogens (tertiary/aromatic N) is 2. The number of benzene rings is 2. The maximum atomic E-state index is 13.5. The largest absolute Gasteiger partial charge is 0.507 e. The summed E-state index contributed by atoms with van der Waals surface area (Å²) in [5.41, 5.74) is 0.614. The molecule has 124 valence electrons. The maximum absolute atomic E-state index is 13.5. The second-order valence-electron chi connectivity index (χ2n) is 6.25. The lowest BCUT2D eigenvalue weighted by Crippen LogP contribution is -2.24. The normalized spacial score (nSPS) is 11.3. The molecule has 1 N–H and O–H groups in total. The van der Waals surface area contributed by atoms with Crippen molar-refractivity contribution in [2.24, 2.45) is 5.92 Å². The fourth-order valence-corrected chi connectivity index (χ4v) is 2.66. The summed E-state index contributed by atoms with van der Waals surface area (Å²) in [5.74, 6) is 0.395. The van der Waals surface area contributed by atoms with Crippen LogP contribution in [0.1, 0.15) is 20.3 Å². The summed E-state index contributed by atoms with van der Waals surface area (Å²) >= 11 is 0. The molecule has 0 unspecified atom stereocenters. The molecule has 3 rings (SSSR count). The van der Waals surface area contributed by atoms with Crippen LogP contribution in [0.15, 0.2) is 47.3 Å². The molecule has 4 nitrogen and oxygen atoms in total. The molecule has 0 atom stereocenters. The summed E-state index contributed by atoms with van der Waals surface area (Å²) in [5, 5.41) is 10.4. The minimum absolute atomic E-state index is 0.0594. The van der Waals surface area contributed by atoms with Crippen LogP contribution >= 0.6 is 0 Å². The monoisotopic (exact) mass is 326 g/mol. The van der Waals surface area contributed by atoms with Crippen LogP contribution in [0.2, 0.25) is 0 Å². The summed E-state index contributed by atoms with van der Waals surface area (Å²) in [6.45, 7) is 4.59. The van der Waals surface area contributed by atoms with Gasteiger partial charge in [0.15, 0.2) is 0 Å². The highest BCUT2D eigenvalue weighted by atomic mass is 19.1. The second kappa shape index (κ2) is 6.43. The van der Waals surface area contributed by atoms with Gasteiger partial charge in [-0.2, -0.15) is 0 Å². The first-order valence-corrected chi connectivity index (χ1v) is 7.96. The predicted molar refractivity (Wildman–Crippen MR) is 92.5 cm³/mol. The third-order valence-corrected chi connectivity index (χ3v) is 3.99. The van der Waals surface area contributed by atoms with Gasteiger partial charge in [0, 0.05) is 6.54 Å².